The predicted molar refractivity (Wildman–Crippen MR) is 71.3 cm³/mol. The number of fused-ring (bicyclic) bond motifs is 1. The molecule has 0 aliphatic carbocycles. The summed E-state index contributed by atoms with van der Waals surface area (Å²) in [6.45, 7) is -0.492. The summed E-state index contributed by atoms with van der Waals surface area (Å²) in [5.41, 5.74) is 10.9. The Bertz CT molecular complexity index is 733. The van der Waals surface area contributed by atoms with E-state index in [0.717, 1.165) is 11.0 Å². The molecule has 3 heterocycles. The lowest BCUT2D eigenvalue weighted by Gasteiger charge is -2.15. The number of nitrogens with two attached hydrogens (primary N) is 2. The molecule has 3 rings (SSSR count). The van der Waals surface area contributed by atoms with Gasteiger partial charge in [-0.3, -0.25) is 4.79 Å². The molecule has 11 nitrogen and oxygen atoms in total. The molecule has 0 spiro atoms. The quantitative estimate of drug-likeness (QED) is 0.397. The molecule has 1 fully saturated rings. The van der Waals surface area contributed by atoms with Crippen molar-refractivity contribution in [2.75, 3.05) is 12.3 Å². The molecular formula is C11H14N6O5. The average molecular weight is 310 g/mol. The highest BCUT2D eigenvalue weighted by Gasteiger charge is 2.45. The van der Waals surface area contributed by atoms with Gasteiger partial charge in [0.2, 0.25) is 0 Å². The molecule has 7 N–H and O–H groups in total. The summed E-state index contributed by atoms with van der Waals surface area (Å²) in [5, 5.41) is 33.1. The third-order valence-electron chi connectivity index (χ3n) is 3.51. The molecule has 22 heavy (non-hydrogen) atoms. The zero-order valence-corrected chi connectivity index (χ0v) is 11.2. The molecule has 2 aromatic rings. The van der Waals surface area contributed by atoms with Crippen LogP contribution in [0.4, 0.5) is 5.82 Å². The largest absolute Gasteiger partial charge is 0.394 e. The number of aromatic nitrogens is 4. The van der Waals surface area contributed by atoms with Gasteiger partial charge >= 0.3 is 0 Å². The monoisotopic (exact) mass is 310 g/mol. The van der Waals surface area contributed by atoms with E-state index in [1.165, 1.54) is 0 Å². The van der Waals surface area contributed by atoms with Crippen LogP contribution in [-0.2, 0) is 4.74 Å². The Hall–Kier alpha value is -2.34. The van der Waals surface area contributed by atoms with Crippen LogP contribution in [0.25, 0.3) is 11.0 Å². The summed E-state index contributed by atoms with van der Waals surface area (Å²) in [6, 6.07) is 0. The van der Waals surface area contributed by atoms with Crippen LogP contribution in [0.15, 0.2) is 6.33 Å². The summed E-state index contributed by atoms with van der Waals surface area (Å²) in [7, 11) is 0. The number of nitrogens with zero attached hydrogens (tertiary/aromatic N) is 4. The highest BCUT2D eigenvalue weighted by Crippen LogP contribution is 2.32. The fourth-order valence-corrected chi connectivity index (χ4v) is 2.43. The van der Waals surface area contributed by atoms with E-state index >= 15 is 0 Å². The van der Waals surface area contributed by atoms with Crippen LogP contribution >= 0.6 is 0 Å². The van der Waals surface area contributed by atoms with Crippen molar-refractivity contribution in [3.63, 3.8) is 0 Å². The van der Waals surface area contributed by atoms with Gasteiger partial charge in [-0.05, 0) is 0 Å². The van der Waals surface area contributed by atoms with E-state index < -0.39 is 37.1 Å². The van der Waals surface area contributed by atoms with E-state index in [2.05, 4.69) is 15.1 Å². The van der Waals surface area contributed by atoms with E-state index in [9.17, 15) is 15.0 Å². The van der Waals surface area contributed by atoms with Gasteiger partial charge in [0.25, 0.3) is 5.91 Å². The molecule has 118 valence electrons. The van der Waals surface area contributed by atoms with E-state index in [4.69, 9.17) is 21.3 Å². The highest BCUT2D eigenvalue weighted by atomic mass is 16.6. The molecule has 4 atom stereocenters. The van der Waals surface area contributed by atoms with Gasteiger partial charge < -0.3 is 31.5 Å². The van der Waals surface area contributed by atoms with E-state index in [1.807, 2.05) is 0 Å². The minimum Gasteiger partial charge on any atom is -0.394 e. The number of carbonyl (C=O) groups is 1. The maximum atomic E-state index is 11.5. The summed E-state index contributed by atoms with van der Waals surface area (Å²) >= 11 is 0. The first kappa shape index (κ1) is 14.6. The Morgan fingerprint density at radius 3 is 2.68 bits per heavy atom. The maximum Gasteiger partial charge on any atom is 0.270 e. The van der Waals surface area contributed by atoms with Crippen molar-refractivity contribution in [2.24, 2.45) is 5.73 Å². The molecule has 0 unspecified atom stereocenters. The van der Waals surface area contributed by atoms with Gasteiger partial charge in [0.1, 0.15) is 30.5 Å². The summed E-state index contributed by atoms with van der Waals surface area (Å²) < 4.78 is 6.45. The number of anilines is 1. The zero-order valence-electron chi connectivity index (χ0n) is 11.2. The Morgan fingerprint density at radius 2 is 2.09 bits per heavy atom. The number of rotatable bonds is 3. The topological polar surface area (TPSA) is 183 Å². The second-order valence-corrected chi connectivity index (χ2v) is 4.84. The van der Waals surface area contributed by atoms with Crippen LogP contribution in [0.5, 0.6) is 0 Å². The number of carbonyl (C=O) groups excluding carboxylic acids is 1. The van der Waals surface area contributed by atoms with Crippen molar-refractivity contribution < 1.29 is 24.9 Å². The van der Waals surface area contributed by atoms with Crippen LogP contribution in [0.3, 0.4) is 0 Å². The van der Waals surface area contributed by atoms with Crippen LogP contribution in [0.2, 0.25) is 0 Å². The molecule has 0 radical (unpaired) electrons. The molecule has 1 aliphatic heterocycles. The third-order valence-corrected chi connectivity index (χ3v) is 3.51. The standard InChI is InChI=1S/C11H14N6O5/c12-8-4-5(9(13)21)16-17(10(4)15-2-14-8)11-7(20)6(19)3(1-18)22-11/h2-3,6-7,11,18-20H,1H2,(H2,13,21)(H2,12,14,15)/t3-,6-,7-,11-/m1/s1. The minimum absolute atomic E-state index is 0.00297. The Balaban J connectivity index is 2.16. The molecule has 2 aromatic heterocycles. The molecule has 0 aromatic carbocycles. The Labute approximate surface area is 123 Å². The number of ether oxygens (including phenoxy) is 1. The first-order chi connectivity index (χ1) is 10.5. The van der Waals surface area contributed by atoms with Crippen LogP contribution in [0, 0.1) is 0 Å². The van der Waals surface area contributed by atoms with Gasteiger partial charge in [0.05, 0.1) is 12.0 Å². The number of aliphatic hydroxyl groups is 3. The first-order valence-electron chi connectivity index (χ1n) is 6.36. The summed E-state index contributed by atoms with van der Waals surface area (Å²) in [4.78, 5) is 19.2. The summed E-state index contributed by atoms with van der Waals surface area (Å²) in [6.07, 6.45) is -3.68. The molecule has 11 heteroatoms. The minimum atomic E-state index is -1.38. The number of amides is 1. The number of primary amides is 1. The second-order valence-electron chi connectivity index (χ2n) is 4.84. The average Bonchev–Trinajstić information content (AvgIpc) is 3.00. The first-order valence-corrected chi connectivity index (χ1v) is 6.36. The van der Waals surface area contributed by atoms with E-state index in [0.29, 0.717) is 0 Å². The fraction of sp³-hybridized carbons (Fsp3) is 0.455. The number of hydrogen-bond donors (Lipinski definition) is 5. The molecule has 1 amide bonds. The van der Waals surface area contributed by atoms with Crippen LogP contribution in [0.1, 0.15) is 16.7 Å². The predicted octanol–water partition coefficient (Wildman–Crippen LogP) is -2.88. The van der Waals surface area contributed by atoms with Crippen molar-refractivity contribution in [2.45, 2.75) is 24.5 Å². The van der Waals surface area contributed by atoms with Gasteiger partial charge in [-0.25, -0.2) is 14.6 Å². The van der Waals surface area contributed by atoms with Gasteiger partial charge in [-0.1, -0.05) is 0 Å². The van der Waals surface area contributed by atoms with Crippen LogP contribution in [-0.4, -0.2) is 65.9 Å². The van der Waals surface area contributed by atoms with E-state index in [-0.39, 0.29) is 22.5 Å². The van der Waals surface area contributed by atoms with Crippen molar-refractivity contribution in [3.05, 3.63) is 12.0 Å². The van der Waals surface area contributed by atoms with Gasteiger partial charge in [0, 0.05) is 0 Å². The van der Waals surface area contributed by atoms with Crippen molar-refractivity contribution in [1.82, 2.24) is 19.7 Å². The van der Waals surface area contributed by atoms with Gasteiger partial charge in [0.15, 0.2) is 17.6 Å². The Kier molecular flexibility index (Phi) is 3.41. The lowest BCUT2D eigenvalue weighted by Crippen LogP contribution is -2.33. The highest BCUT2D eigenvalue weighted by molar-refractivity contribution is 6.06. The van der Waals surface area contributed by atoms with Gasteiger partial charge in [-0.15, -0.1) is 0 Å². The summed E-state index contributed by atoms with van der Waals surface area (Å²) in [5.74, 6) is -0.853. The van der Waals surface area contributed by atoms with Crippen molar-refractivity contribution in [3.8, 4) is 0 Å². The van der Waals surface area contributed by atoms with E-state index in [1.54, 1.807) is 0 Å². The second kappa shape index (κ2) is 5.14. The van der Waals surface area contributed by atoms with Gasteiger partial charge in [-0.2, -0.15) is 5.10 Å². The number of aliphatic hydroxyl groups excluding tert-OH is 3. The Morgan fingerprint density at radius 1 is 1.36 bits per heavy atom. The molecule has 0 saturated carbocycles. The lowest BCUT2D eigenvalue weighted by atomic mass is 10.1. The smallest absolute Gasteiger partial charge is 0.270 e. The molecule has 1 aliphatic rings. The normalized spacial score (nSPS) is 28.3. The maximum absolute atomic E-state index is 11.5. The molecule has 0 bridgehead atoms. The fourth-order valence-electron chi connectivity index (χ4n) is 2.43. The molecule has 1 saturated heterocycles. The van der Waals surface area contributed by atoms with Crippen molar-refractivity contribution in [1.29, 1.82) is 0 Å². The van der Waals surface area contributed by atoms with Crippen LogP contribution < -0.4 is 11.5 Å². The zero-order chi connectivity index (χ0) is 16.0. The number of hydrogen-bond acceptors (Lipinski definition) is 9. The van der Waals surface area contributed by atoms with Crippen molar-refractivity contribution >= 4 is 22.8 Å². The number of nitrogen functional groups attached to an aromatic ring is 1. The molecular weight excluding hydrogens is 296 g/mol. The lowest BCUT2D eigenvalue weighted by molar-refractivity contribution is -0.0567. The third kappa shape index (κ3) is 1.99. The SMILES string of the molecule is NC(=O)c1nn([C@@H]2O[C@H](CO)[C@@H](O)[C@H]2O)c2ncnc(N)c12.